The van der Waals surface area contributed by atoms with Crippen LogP contribution in [0.5, 0.6) is 0 Å². The number of rotatable bonds is 2. The maximum atomic E-state index is 13.5. The Labute approximate surface area is 97.9 Å². The normalized spacial score (nSPS) is 9.65. The smallest absolute Gasteiger partial charge is 0.196 e. The van der Waals surface area contributed by atoms with Gasteiger partial charge in [0, 0.05) is 5.56 Å². The first-order chi connectivity index (χ1) is 8.22. The zero-order valence-corrected chi connectivity index (χ0v) is 8.85. The van der Waals surface area contributed by atoms with E-state index in [2.05, 4.69) is 0 Å². The minimum Gasteiger partial charge on any atom is -0.288 e. The summed E-state index contributed by atoms with van der Waals surface area (Å²) in [5, 5.41) is 8.72. The van der Waals surface area contributed by atoms with Crippen LogP contribution in [-0.2, 0) is 0 Å². The molecule has 0 heterocycles. The van der Waals surface area contributed by atoms with Gasteiger partial charge in [-0.1, -0.05) is 30.3 Å². The van der Waals surface area contributed by atoms with Crippen LogP contribution in [0.3, 0.4) is 0 Å². The van der Waals surface area contributed by atoms with Gasteiger partial charge >= 0.3 is 0 Å². The van der Waals surface area contributed by atoms with Gasteiger partial charge in [-0.05, 0) is 18.2 Å². The van der Waals surface area contributed by atoms with Crippen molar-refractivity contribution in [1.29, 1.82) is 5.26 Å². The van der Waals surface area contributed by atoms with Crippen molar-refractivity contribution < 1.29 is 9.18 Å². The van der Waals surface area contributed by atoms with E-state index in [1.54, 1.807) is 30.3 Å². The van der Waals surface area contributed by atoms with Crippen molar-refractivity contribution in [2.75, 3.05) is 0 Å². The predicted molar refractivity (Wildman–Crippen MR) is 61.0 cm³/mol. The van der Waals surface area contributed by atoms with Crippen molar-refractivity contribution in [2.24, 2.45) is 0 Å². The molecule has 0 saturated heterocycles. The molecule has 0 aliphatic carbocycles. The largest absolute Gasteiger partial charge is 0.288 e. The van der Waals surface area contributed by atoms with Crippen LogP contribution >= 0.6 is 0 Å². The third kappa shape index (κ3) is 2.21. The van der Waals surface area contributed by atoms with E-state index in [-0.39, 0.29) is 11.1 Å². The Balaban J connectivity index is 2.48. The van der Waals surface area contributed by atoms with E-state index in [0.717, 1.165) is 6.07 Å². The molecule has 2 aromatic carbocycles. The van der Waals surface area contributed by atoms with Crippen LogP contribution in [0.2, 0.25) is 0 Å². The first-order valence-electron chi connectivity index (χ1n) is 5.02. The van der Waals surface area contributed by atoms with E-state index >= 15 is 0 Å². The molecule has 0 aliphatic rings. The third-order valence-corrected chi connectivity index (χ3v) is 2.38. The molecule has 0 N–H and O–H groups in total. The lowest BCUT2D eigenvalue weighted by molar-refractivity contribution is 0.103. The molecule has 3 heteroatoms. The molecule has 2 aromatic rings. The molecule has 82 valence electrons. The molecule has 0 spiro atoms. The summed E-state index contributed by atoms with van der Waals surface area (Å²) in [6.45, 7) is 0. The second-order valence-electron chi connectivity index (χ2n) is 3.50. The van der Waals surface area contributed by atoms with Crippen molar-refractivity contribution >= 4 is 5.78 Å². The topological polar surface area (TPSA) is 40.9 Å². The fraction of sp³-hybridized carbons (Fsp3) is 0. The number of hydrogen-bond acceptors (Lipinski definition) is 2. The van der Waals surface area contributed by atoms with Gasteiger partial charge in [-0.2, -0.15) is 5.26 Å². The number of carbonyl (C=O) groups is 1. The van der Waals surface area contributed by atoms with Crippen LogP contribution in [0, 0.1) is 17.1 Å². The van der Waals surface area contributed by atoms with Crippen molar-refractivity contribution in [3.05, 3.63) is 71.0 Å². The quantitative estimate of drug-likeness (QED) is 0.737. The number of nitriles is 1. The highest BCUT2D eigenvalue weighted by atomic mass is 19.1. The van der Waals surface area contributed by atoms with Gasteiger partial charge in [0.05, 0.1) is 17.2 Å². The lowest BCUT2D eigenvalue weighted by atomic mass is 10.0. The highest BCUT2D eigenvalue weighted by molar-refractivity contribution is 6.09. The molecule has 0 radical (unpaired) electrons. The molecule has 0 aliphatic heterocycles. The molecule has 17 heavy (non-hydrogen) atoms. The van der Waals surface area contributed by atoms with E-state index in [1.807, 2.05) is 6.07 Å². The summed E-state index contributed by atoms with van der Waals surface area (Å²) >= 11 is 0. The highest BCUT2D eigenvalue weighted by Crippen LogP contribution is 2.15. The van der Waals surface area contributed by atoms with Crippen molar-refractivity contribution in [1.82, 2.24) is 0 Å². The number of halogens is 1. The Hall–Kier alpha value is -2.47. The second-order valence-corrected chi connectivity index (χ2v) is 3.50. The van der Waals surface area contributed by atoms with E-state index < -0.39 is 11.6 Å². The van der Waals surface area contributed by atoms with Gasteiger partial charge in [-0.15, -0.1) is 0 Å². The molecular formula is C14H8FNO. The summed E-state index contributed by atoms with van der Waals surface area (Å²) in [5.41, 5.74) is 0.599. The van der Waals surface area contributed by atoms with Crippen LogP contribution in [0.4, 0.5) is 4.39 Å². The van der Waals surface area contributed by atoms with Crippen LogP contribution in [0.1, 0.15) is 21.5 Å². The standard InChI is InChI=1S/C14H8FNO/c15-13-7-6-10(9-16)8-12(13)14(17)11-4-2-1-3-5-11/h1-8H. The Morgan fingerprint density at radius 2 is 1.82 bits per heavy atom. The molecule has 0 amide bonds. The zero-order chi connectivity index (χ0) is 12.3. The van der Waals surface area contributed by atoms with Crippen LogP contribution in [0.15, 0.2) is 48.5 Å². The van der Waals surface area contributed by atoms with Gasteiger partial charge in [0.1, 0.15) is 5.82 Å². The first-order valence-corrected chi connectivity index (χ1v) is 5.02. The Morgan fingerprint density at radius 1 is 1.12 bits per heavy atom. The summed E-state index contributed by atoms with van der Waals surface area (Å²) in [5.74, 6) is -1.03. The van der Waals surface area contributed by atoms with Gasteiger partial charge in [-0.3, -0.25) is 4.79 Å². The molecule has 0 fully saturated rings. The molecule has 0 unspecified atom stereocenters. The molecule has 0 aromatic heterocycles. The lowest BCUT2D eigenvalue weighted by Gasteiger charge is -2.02. The molecule has 2 rings (SSSR count). The van der Waals surface area contributed by atoms with Crippen LogP contribution in [-0.4, -0.2) is 5.78 Å². The minimum absolute atomic E-state index is 0.0738. The Bertz CT molecular complexity index is 599. The summed E-state index contributed by atoms with van der Waals surface area (Å²) in [6.07, 6.45) is 0. The number of benzene rings is 2. The van der Waals surface area contributed by atoms with Crippen molar-refractivity contribution in [2.45, 2.75) is 0 Å². The lowest BCUT2D eigenvalue weighted by Crippen LogP contribution is -2.04. The number of hydrogen-bond donors (Lipinski definition) is 0. The SMILES string of the molecule is N#Cc1ccc(F)c(C(=O)c2ccccc2)c1. The van der Waals surface area contributed by atoms with Crippen LogP contribution in [0.25, 0.3) is 0 Å². The summed E-state index contributed by atoms with van der Waals surface area (Å²) in [7, 11) is 0. The molecule has 0 saturated carbocycles. The summed E-state index contributed by atoms with van der Waals surface area (Å²) in [4.78, 5) is 12.0. The highest BCUT2D eigenvalue weighted by Gasteiger charge is 2.14. The molecule has 0 bridgehead atoms. The van der Waals surface area contributed by atoms with Gasteiger partial charge in [0.15, 0.2) is 5.78 Å². The van der Waals surface area contributed by atoms with Gasteiger partial charge < -0.3 is 0 Å². The molecular weight excluding hydrogens is 217 g/mol. The minimum atomic E-state index is -0.613. The van der Waals surface area contributed by atoms with Crippen LogP contribution < -0.4 is 0 Å². The third-order valence-electron chi connectivity index (χ3n) is 2.38. The van der Waals surface area contributed by atoms with Crippen molar-refractivity contribution in [3.8, 4) is 6.07 Å². The fourth-order valence-corrected chi connectivity index (χ4v) is 1.51. The number of ketones is 1. The molecule has 0 atom stereocenters. The van der Waals surface area contributed by atoms with E-state index in [4.69, 9.17) is 5.26 Å². The van der Waals surface area contributed by atoms with Gasteiger partial charge in [0.2, 0.25) is 0 Å². The first kappa shape index (κ1) is 11.0. The number of nitrogens with zero attached hydrogens (tertiary/aromatic N) is 1. The van der Waals surface area contributed by atoms with Gasteiger partial charge in [-0.25, -0.2) is 4.39 Å². The van der Waals surface area contributed by atoms with Crippen molar-refractivity contribution in [3.63, 3.8) is 0 Å². The Kier molecular flexibility index (Phi) is 2.97. The second kappa shape index (κ2) is 4.58. The summed E-state index contributed by atoms with van der Waals surface area (Å²) in [6, 6.07) is 14.0. The average Bonchev–Trinajstić information content (AvgIpc) is 2.39. The fourth-order valence-electron chi connectivity index (χ4n) is 1.51. The maximum Gasteiger partial charge on any atom is 0.196 e. The predicted octanol–water partition coefficient (Wildman–Crippen LogP) is 2.93. The number of carbonyl (C=O) groups excluding carboxylic acids is 1. The van der Waals surface area contributed by atoms with E-state index in [0.29, 0.717) is 5.56 Å². The van der Waals surface area contributed by atoms with E-state index in [1.165, 1.54) is 12.1 Å². The van der Waals surface area contributed by atoms with E-state index in [9.17, 15) is 9.18 Å². The molecule has 2 nitrogen and oxygen atoms in total. The van der Waals surface area contributed by atoms with Gasteiger partial charge in [0.25, 0.3) is 0 Å². The summed E-state index contributed by atoms with van der Waals surface area (Å²) < 4.78 is 13.5. The average molecular weight is 225 g/mol. The maximum absolute atomic E-state index is 13.5. The Morgan fingerprint density at radius 3 is 2.47 bits per heavy atom. The monoisotopic (exact) mass is 225 g/mol. The zero-order valence-electron chi connectivity index (χ0n) is 8.85.